The van der Waals surface area contributed by atoms with Crippen molar-refractivity contribution in [1.82, 2.24) is 4.90 Å². The highest BCUT2D eigenvalue weighted by atomic mass is 15.2. The monoisotopic (exact) mass is 240 g/mol. The Balaban J connectivity index is 2.58. The van der Waals surface area contributed by atoms with Crippen molar-refractivity contribution in [2.45, 2.75) is 84.3 Å². The van der Waals surface area contributed by atoms with E-state index in [-0.39, 0.29) is 0 Å². The van der Waals surface area contributed by atoms with Crippen LogP contribution in [0.3, 0.4) is 0 Å². The van der Waals surface area contributed by atoms with Crippen LogP contribution in [-0.2, 0) is 0 Å². The zero-order chi connectivity index (χ0) is 12.8. The minimum Gasteiger partial charge on any atom is -0.328 e. The Hall–Kier alpha value is -0.0800. The molecule has 1 rings (SSSR count). The summed E-state index contributed by atoms with van der Waals surface area (Å²) < 4.78 is 0. The van der Waals surface area contributed by atoms with E-state index in [2.05, 4.69) is 32.6 Å². The van der Waals surface area contributed by atoms with Crippen LogP contribution in [0.1, 0.15) is 66.2 Å². The summed E-state index contributed by atoms with van der Waals surface area (Å²) in [4.78, 5) is 2.76. The molecule has 0 aromatic rings. The predicted molar refractivity (Wildman–Crippen MR) is 76.1 cm³/mol. The Labute approximate surface area is 108 Å². The van der Waals surface area contributed by atoms with Gasteiger partial charge in [-0.1, -0.05) is 27.2 Å². The van der Waals surface area contributed by atoms with Crippen LogP contribution < -0.4 is 5.73 Å². The van der Waals surface area contributed by atoms with Crippen molar-refractivity contribution in [3.05, 3.63) is 0 Å². The second kappa shape index (κ2) is 7.38. The van der Waals surface area contributed by atoms with E-state index in [1.54, 1.807) is 0 Å². The van der Waals surface area contributed by atoms with E-state index in [9.17, 15) is 0 Å². The van der Waals surface area contributed by atoms with Gasteiger partial charge in [0.2, 0.25) is 0 Å². The number of nitrogens with zero attached hydrogens (tertiary/aromatic N) is 1. The zero-order valence-corrected chi connectivity index (χ0v) is 12.3. The lowest BCUT2D eigenvalue weighted by atomic mass is 9.88. The molecule has 1 saturated carbocycles. The van der Waals surface area contributed by atoms with Gasteiger partial charge in [0.05, 0.1) is 0 Å². The molecule has 0 spiro atoms. The molecule has 17 heavy (non-hydrogen) atoms. The van der Waals surface area contributed by atoms with Gasteiger partial charge in [0.15, 0.2) is 0 Å². The van der Waals surface area contributed by atoms with Crippen LogP contribution in [0.2, 0.25) is 0 Å². The summed E-state index contributed by atoms with van der Waals surface area (Å²) in [6, 6.07) is 1.98. The molecule has 1 fully saturated rings. The first kappa shape index (κ1) is 15.0. The summed E-state index contributed by atoms with van der Waals surface area (Å²) in [5, 5.41) is 0. The van der Waals surface area contributed by atoms with Crippen LogP contribution >= 0.6 is 0 Å². The van der Waals surface area contributed by atoms with Gasteiger partial charge in [-0.2, -0.15) is 0 Å². The first-order valence-corrected chi connectivity index (χ1v) is 7.61. The fraction of sp³-hybridized carbons (Fsp3) is 1.00. The lowest BCUT2D eigenvalue weighted by Crippen LogP contribution is -2.47. The maximum absolute atomic E-state index is 6.01. The number of rotatable bonds is 6. The number of hydrogen-bond donors (Lipinski definition) is 1. The Bertz CT molecular complexity index is 197. The van der Waals surface area contributed by atoms with E-state index in [0.717, 1.165) is 18.0 Å². The van der Waals surface area contributed by atoms with Crippen molar-refractivity contribution >= 4 is 0 Å². The van der Waals surface area contributed by atoms with Crippen LogP contribution in [0.5, 0.6) is 0 Å². The Morgan fingerprint density at radius 3 is 2.18 bits per heavy atom. The third-order valence-corrected chi connectivity index (χ3v) is 4.68. The van der Waals surface area contributed by atoms with Gasteiger partial charge in [0, 0.05) is 18.1 Å². The second-order valence-electron chi connectivity index (χ2n) is 5.93. The van der Waals surface area contributed by atoms with Crippen LogP contribution in [0, 0.1) is 5.92 Å². The molecule has 0 heterocycles. The third kappa shape index (κ3) is 4.26. The van der Waals surface area contributed by atoms with Crippen LogP contribution in [-0.4, -0.2) is 29.6 Å². The van der Waals surface area contributed by atoms with Gasteiger partial charge in [-0.05, 0) is 51.5 Å². The largest absolute Gasteiger partial charge is 0.328 e. The van der Waals surface area contributed by atoms with Crippen molar-refractivity contribution in [3.8, 4) is 0 Å². The number of hydrogen-bond acceptors (Lipinski definition) is 2. The summed E-state index contributed by atoms with van der Waals surface area (Å²) in [7, 11) is 0. The molecular weight excluding hydrogens is 208 g/mol. The molecule has 0 amide bonds. The average molecular weight is 240 g/mol. The SMILES string of the molecule is CCCN(C1CCC(N)CC1)C(C)C(C)CC. The van der Waals surface area contributed by atoms with Crippen molar-refractivity contribution < 1.29 is 0 Å². The molecule has 0 saturated heterocycles. The summed E-state index contributed by atoms with van der Waals surface area (Å²) in [5.74, 6) is 0.803. The third-order valence-electron chi connectivity index (χ3n) is 4.68. The van der Waals surface area contributed by atoms with Crippen LogP contribution in [0.25, 0.3) is 0 Å². The molecule has 0 bridgehead atoms. The van der Waals surface area contributed by atoms with Gasteiger partial charge < -0.3 is 5.73 Å². The molecule has 2 atom stereocenters. The summed E-state index contributed by atoms with van der Waals surface area (Å²) in [6.07, 6.45) is 7.61. The maximum atomic E-state index is 6.01. The van der Waals surface area contributed by atoms with Crippen LogP contribution in [0.4, 0.5) is 0 Å². The lowest BCUT2D eigenvalue weighted by Gasteiger charge is -2.41. The van der Waals surface area contributed by atoms with Gasteiger partial charge >= 0.3 is 0 Å². The molecule has 0 radical (unpaired) electrons. The molecule has 0 aromatic heterocycles. The Kier molecular flexibility index (Phi) is 6.50. The van der Waals surface area contributed by atoms with Crippen LogP contribution in [0.15, 0.2) is 0 Å². The summed E-state index contributed by atoms with van der Waals surface area (Å²) >= 11 is 0. The topological polar surface area (TPSA) is 29.3 Å². The molecule has 2 heteroatoms. The van der Waals surface area contributed by atoms with Gasteiger partial charge in [-0.15, -0.1) is 0 Å². The maximum Gasteiger partial charge on any atom is 0.00993 e. The normalized spacial score (nSPS) is 29.3. The van der Waals surface area contributed by atoms with Crippen molar-refractivity contribution in [2.24, 2.45) is 11.7 Å². The van der Waals surface area contributed by atoms with Crippen molar-refractivity contribution in [1.29, 1.82) is 0 Å². The van der Waals surface area contributed by atoms with Gasteiger partial charge in [0.1, 0.15) is 0 Å². The first-order valence-electron chi connectivity index (χ1n) is 7.61. The lowest BCUT2D eigenvalue weighted by molar-refractivity contribution is 0.0787. The Morgan fingerprint density at radius 1 is 1.12 bits per heavy atom. The summed E-state index contributed by atoms with van der Waals surface area (Å²) in [5.41, 5.74) is 6.01. The molecule has 102 valence electrons. The highest BCUT2D eigenvalue weighted by molar-refractivity contribution is 4.85. The molecule has 2 N–H and O–H groups in total. The fourth-order valence-electron chi connectivity index (χ4n) is 3.08. The van der Waals surface area contributed by atoms with Gasteiger partial charge in [-0.3, -0.25) is 4.90 Å². The van der Waals surface area contributed by atoms with Crippen molar-refractivity contribution in [2.75, 3.05) is 6.54 Å². The molecule has 2 nitrogen and oxygen atoms in total. The second-order valence-corrected chi connectivity index (χ2v) is 5.93. The highest BCUT2D eigenvalue weighted by Gasteiger charge is 2.28. The molecule has 0 aromatic carbocycles. The highest BCUT2D eigenvalue weighted by Crippen LogP contribution is 2.26. The van der Waals surface area contributed by atoms with E-state index in [0.29, 0.717) is 6.04 Å². The molecule has 0 aliphatic heterocycles. The first-order chi connectivity index (χ1) is 8.10. The minimum absolute atomic E-state index is 0.466. The standard InChI is InChI=1S/C15H32N2/c1-5-11-17(13(4)12(3)6-2)15-9-7-14(16)8-10-15/h12-15H,5-11,16H2,1-4H3. The smallest absolute Gasteiger partial charge is 0.00993 e. The molecular formula is C15H32N2. The average Bonchev–Trinajstić information content (AvgIpc) is 2.35. The minimum atomic E-state index is 0.466. The van der Waals surface area contributed by atoms with E-state index in [1.165, 1.54) is 45.1 Å². The number of nitrogens with two attached hydrogens (primary N) is 1. The van der Waals surface area contributed by atoms with Crippen molar-refractivity contribution in [3.63, 3.8) is 0 Å². The molecule has 2 unspecified atom stereocenters. The molecule has 1 aliphatic carbocycles. The van der Waals surface area contributed by atoms with Gasteiger partial charge in [-0.25, -0.2) is 0 Å². The van der Waals surface area contributed by atoms with E-state index >= 15 is 0 Å². The quantitative estimate of drug-likeness (QED) is 0.771. The van der Waals surface area contributed by atoms with E-state index < -0.39 is 0 Å². The van der Waals surface area contributed by atoms with E-state index in [4.69, 9.17) is 5.73 Å². The Morgan fingerprint density at radius 2 is 1.71 bits per heavy atom. The fourth-order valence-corrected chi connectivity index (χ4v) is 3.08. The predicted octanol–water partition coefficient (Wildman–Crippen LogP) is 3.40. The van der Waals surface area contributed by atoms with Gasteiger partial charge in [0.25, 0.3) is 0 Å². The zero-order valence-electron chi connectivity index (χ0n) is 12.3. The van der Waals surface area contributed by atoms with E-state index in [1.807, 2.05) is 0 Å². The molecule has 1 aliphatic rings. The summed E-state index contributed by atoms with van der Waals surface area (Å²) in [6.45, 7) is 10.7.